The van der Waals surface area contributed by atoms with E-state index < -0.39 is 0 Å². The maximum atomic E-state index is 9.69. The first-order chi connectivity index (χ1) is 3.31. The van der Waals surface area contributed by atoms with Gasteiger partial charge in [0.25, 0.3) is 0 Å². The van der Waals surface area contributed by atoms with Crippen molar-refractivity contribution >= 4 is 29.3 Å². The molecule has 0 unspecified atom stereocenters. The van der Waals surface area contributed by atoms with E-state index in [2.05, 4.69) is 0 Å². The molecule has 0 fully saturated rings. The molecule has 1 nitrogen and oxygen atoms in total. The van der Waals surface area contributed by atoms with Crippen molar-refractivity contribution in [3.63, 3.8) is 0 Å². The van der Waals surface area contributed by atoms with E-state index in [9.17, 15) is 4.79 Å². The van der Waals surface area contributed by atoms with E-state index in [0.29, 0.717) is 6.29 Å². The number of hydrogen-bond donors (Lipinski definition) is 0. The Morgan fingerprint density at radius 1 is 1.71 bits per heavy atom. The van der Waals surface area contributed by atoms with Gasteiger partial charge in [-0.1, -0.05) is 0 Å². The normalized spacial score (nSPS) is 9.29. The minimum absolute atomic E-state index is 0.289. The molecule has 0 aliphatic carbocycles. The van der Waals surface area contributed by atoms with E-state index in [-0.39, 0.29) is 5.57 Å². The molecule has 2 heteroatoms. The molecule has 0 N–H and O–H groups in total. The Bertz CT molecular complexity index is 105. The van der Waals surface area contributed by atoms with E-state index in [1.54, 1.807) is 10.1 Å². The van der Waals surface area contributed by atoms with Crippen LogP contribution in [0, 0.1) is 6.58 Å². The van der Waals surface area contributed by atoms with Crippen LogP contribution in [-0.2, 0) is 4.79 Å². The standard InChI is InChI=1S/C5H4O.Sb.H/c1-3-5(2)4-6;;/h1-4H;;/q-1;;. The fourth-order valence-corrected chi connectivity index (χ4v) is 0.685. The first-order valence-corrected chi connectivity index (χ1v) is 3.37. The van der Waals surface area contributed by atoms with Crippen LogP contribution in [0.3, 0.4) is 0 Å². The summed E-state index contributed by atoms with van der Waals surface area (Å²) in [4.78, 5) is 9.69. The van der Waals surface area contributed by atoms with Gasteiger partial charge in [0.2, 0.25) is 0 Å². The van der Waals surface area contributed by atoms with Crippen LogP contribution in [0.2, 0.25) is 0 Å². The second kappa shape index (κ2) is 4.14. The SMILES string of the molecule is [CH-]=C(C=O)C=[CH][SbH]. The summed E-state index contributed by atoms with van der Waals surface area (Å²) >= 11 is 1.25. The summed E-state index contributed by atoms with van der Waals surface area (Å²) in [6.07, 6.45) is 2.21. The Morgan fingerprint density at radius 2 is 2.29 bits per heavy atom. The molecule has 0 heterocycles. The molecule has 0 aliphatic rings. The average molecular weight is 203 g/mol. The predicted molar refractivity (Wildman–Crippen MR) is 30.2 cm³/mol. The van der Waals surface area contributed by atoms with Crippen LogP contribution in [-0.4, -0.2) is 29.3 Å². The molecule has 0 aromatic heterocycles. The van der Waals surface area contributed by atoms with E-state index in [1.807, 2.05) is 0 Å². The van der Waals surface area contributed by atoms with E-state index in [0.717, 1.165) is 0 Å². The van der Waals surface area contributed by atoms with Crippen LogP contribution < -0.4 is 0 Å². The number of aldehydes is 1. The molecular weight excluding hydrogens is 198 g/mol. The Labute approximate surface area is 56.6 Å². The van der Waals surface area contributed by atoms with Gasteiger partial charge in [0.15, 0.2) is 0 Å². The molecular formula is C5H5OSb-. The second-order valence-electron chi connectivity index (χ2n) is 0.951. The van der Waals surface area contributed by atoms with E-state index in [4.69, 9.17) is 6.58 Å². The first kappa shape index (κ1) is 6.97. The van der Waals surface area contributed by atoms with Crippen molar-refractivity contribution in [2.45, 2.75) is 0 Å². The Kier molecular flexibility index (Phi) is 4.12. The van der Waals surface area contributed by atoms with Gasteiger partial charge in [-0.3, -0.25) is 0 Å². The van der Waals surface area contributed by atoms with Gasteiger partial charge < -0.3 is 0 Å². The second-order valence-corrected chi connectivity index (χ2v) is 1.90. The van der Waals surface area contributed by atoms with Crippen LogP contribution in [0.5, 0.6) is 0 Å². The summed E-state index contributed by atoms with van der Waals surface area (Å²) in [5.74, 6) is 0. The molecule has 0 aromatic carbocycles. The molecule has 0 spiro atoms. The first-order valence-electron chi connectivity index (χ1n) is 1.72. The molecule has 0 bridgehead atoms. The number of rotatable bonds is 2. The van der Waals surface area contributed by atoms with Gasteiger partial charge in [0, 0.05) is 0 Å². The molecule has 0 saturated carbocycles. The van der Waals surface area contributed by atoms with Gasteiger partial charge in [0.1, 0.15) is 0 Å². The van der Waals surface area contributed by atoms with Crippen LogP contribution >= 0.6 is 0 Å². The Morgan fingerprint density at radius 3 is 2.43 bits per heavy atom. The monoisotopic (exact) mass is 202 g/mol. The zero-order valence-electron chi connectivity index (χ0n) is 3.72. The van der Waals surface area contributed by atoms with E-state index in [1.165, 1.54) is 23.0 Å². The molecule has 1 radical (unpaired) electrons. The predicted octanol–water partition coefficient (Wildman–Crippen LogP) is -0.0408. The van der Waals surface area contributed by atoms with Gasteiger partial charge >= 0.3 is 56.4 Å². The summed E-state index contributed by atoms with van der Waals surface area (Å²) in [6.45, 7) is 5.06. The van der Waals surface area contributed by atoms with Gasteiger partial charge in [0.05, 0.1) is 0 Å². The maximum absolute atomic E-state index is 9.69. The van der Waals surface area contributed by atoms with Crippen LogP contribution in [0.25, 0.3) is 0 Å². The number of carbonyl (C=O) groups is 1. The zero-order chi connectivity index (χ0) is 5.70. The van der Waals surface area contributed by atoms with Crippen molar-refractivity contribution in [2.75, 3.05) is 0 Å². The molecule has 0 rings (SSSR count). The van der Waals surface area contributed by atoms with Gasteiger partial charge in [-0.2, -0.15) is 0 Å². The van der Waals surface area contributed by atoms with Gasteiger partial charge in [-0.15, -0.1) is 0 Å². The Balaban J connectivity index is 3.58. The fourth-order valence-electron chi connectivity index (χ4n) is 0.136. The molecule has 7 heavy (non-hydrogen) atoms. The number of allylic oxidation sites excluding steroid dienone is 2. The van der Waals surface area contributed by atoms with Gasteiger partial charge in [-0.25, -0.2) is 0 Å². The van der Waals surface area contributed by atoms with Crippen LogP contribution in [0.15, 0.2) is 15.7 Å². The van der Waals surface area contributed by atoms with Crippen LogP contribution in [0.1, 0.15) is 0 Å². The quantitative estimate of drug-likeness (QED) is 0.202. The third kappa shape index (κ3) is 3.81. The topological polar surface area (TPSA) is 17.1 Å². The van der Waals surface area contributed by atoms with Gasteiger partial charge in [-0.05, 0) is 0 Å². The van der Waals surface area contributed by atoms with E-state index >= 15 is 0 Å². The van der Waals surface area contributed by atoms with Crippen LogP contribution in [0.4, 0.5) is 0 Å². The molecule has 37 valence electrons. The summed E-state index contributed by atoms with van der Waals surface area (Å²) in [6, 6.07) is 0. The molecule has 0 aromatic rings. The number of hydrogen-bond acceptors (Lipinski definition) is 1. The summed E-state index contributed by atoms with van der Waals surface area (Å²) in [5, 5.41) is 0. The van der Waals surface area contributed by atoms with Crippen molar-refractivity contribution in [3.05, 3.63) is 22.3 Å². The molecule has 0 aliphatic heterocycles. The molecule has 0 saturated heterocycles. The fraction of sp³-hybridized carbons (Fsp3) is 0. The average Bonchev–Trinajstić information content (AvgIpc) is 1.68. The summed E-state index contributed by atoms with van der Waals surface area (Å²) in [7, 11) is 0. The zero-order valence-corrected chi connectivity index (χ0v) is 6.57. The van der Waals surface area contributed by atoms with Crippen molar-refractivity contribution in [1.29, 1.82) is 0 Å². The third-order valence-electron chi connectivity index (χ3n) is 0.412. The van der Waals surface area contributed by atoms with Crippen molar-refractivity contribution in [2.24, 2.45) is 0 Å². The molecule has 0 atom stereocenters. The van der Waals surface area contributed by atoms with Crippen molar-refractivity contribution < 1.29 is 4.79 Å². The van der Waals surface area contributed by atoms with Crippen molar-refractivity contribution in [1.82, 2.24) is 0 Å². The Hall–Kier alpha value is -0.0318. The summed E-state index contributed by atoms with van der Waals surface area (Å²) in [5.41, 5.74) is 0.289. The van der Waals surface area contributed by atoms with Crippen molar-refractivity contribution in [3.8, 4) is 0 Å². The molecule has 0 amide bonds. The third-order valence-corrected chi connectivity index (χ3v) is 0.888. The summed E-state index contributed by atoms with van der Waals surface area (Å²) < 4.78 is 1.80. The number of carbonyl (C=O) groups excluding carboxylic acids is 1. The minimum atomic E-state index is 0.289.